The molecular weight excluding hydrogens is 370 g/mol. The topological polar surface area (TPSA) is 185 Å². The van der Waals surface area contributed by atoms with E-state index in [0.717, 1.165) is 13.1 Å². The second-order valence-corrected chi connectivity index (χ2v) is 7.02. The zero-order valence-corrected chi connectivity index (χ0v) is 15.2. The van der Waals surface area contributed by atoms with Crippen molar-refractivity contribution < 1.29 is 44.5 Å². The van der Waals surface area contributed by atoms with Crippen LogP contribution in [0, 0.1) is 0 Å². The van der Waals surface area contributed by atoms with Crippen LogP contribution in [0.25, 0.3) is 0 Å². The van der Waals surface area contributed by atoms with Gasteiger partial charge in [-0.25, -0.2) is 4.31 Å². The van der Waals surface area contributed by atoms with Gasteiger partial charge in [0, 0.05) is 11.1 Å². The lowest BCUT2D eigenvalue weighted by atomic mass is 10.2. The highest BCUT2D eigenvalue weighted by Gasteiger charge is 2.10. The normalized spacial score (nSPS) is 14.6. The van der Waals surface area contributed by atoms with Crippen molar-refractivity contribution in [3.05, 3.63) is 71.8 Å². The standard InChI is InChI=1S/2C7H9N.H4O7P2/c2*8-6-7-4-2-1-3-5-7;1-8(2,3)7-9(4,5)6/h2*1-5H,6,8H2;(H2,1,2,3)(H2,4,5,6). The highest BCUT2D eigenvalue weighted by atomic mass is 31.3. The van der Waals surface area contributed by atoms with Crippen molar-refractivity contribution in [3.8, 4) is 0 Å². The van der Waals surface area contributed by atoms with Crippen molar-refractivity contribution in [3.63, 3.8) is 0 Å². The van der Waals surface area contributed by atoms with Crippen LogP contribution in [-0.2, 0) is 26.5 Å². The summed E-state index contributed by atoms with van der Waals surface area (Å²) in [5.74, 6) is 0. The smallest absolute Gasteiger partial charge is 0.271 e. The van der Waals surface area contributed by atoms with Gasteiger partial charge < -0.3 is 31.0 Å². The first-order valence-corrected chi connectivity index (χ1v) is 10.0. The fraction of sp³-hybridized carbons (Fsp3) is 0.143. The van der Waals surface area contributed by atoms with Gasteiger partial charge in [-0.15, -0.1) is 0 Å². The first-order chi connectivity index (χ1) is 11.6. The molecule has 25 heavy (non-hydrogen) atoms. The summed E-state index contributed by atoms with van der Waals surface area (Å²) in [5, 5.41) is 0. The molecule has 2 aromatic carbocycles. The first kappa shape index (κ1) is 23.6. The summed E-state index contributed by atoms with van der Waals surface area (Å²) in [4.78, 5) is 34.1. The average molecular weight is 392 g/mol. The summed E-state index contributed by atoms with van der Waals surface area (Å²) in [6.45, 7) is 1.78. The van der Waals surface area contributed by atoms with E-state index in [-0.39, 0.29) is 0 Å². The SMILES string of the molecule is O=P([O-])(O)OP(=O)([O-])O.[NH3+]Cc1ccccc1.[NH3+]Cc1ccccc1. The average Bonchev–Trinajstić information content (AvgIpc) is 2.54. The fourth-order valence-electron chi connectivity index (χ4n) is 1.42. The molecule has 0 fully saturated rings. The predicted octanol–water partition coefficient (Wildman–Crippen LogP) is -1.22. The Kier molecular flexibility index (Phi) is 11.4. The summed E-state index contributed by atoms with van der Waals surface area (Å²) >= 11 is 0. The van der Waals surface area contributed by atoms with Gasteiger partial charge in [0.15, 0.2) is 0 Å². The van der Waals surface area contributed by atoms with E-state index in [1.165, 1.54) is 11.1 Å². The maximum absolute atomic E-state index is 9.48. The van der Waals surface area contributed by atoms with E-state index in [4.69, 9.17) is 9.79 Å². The maximum atomic E-state index is 9.48. The molecule has 11 heteroatoms. The van der Waals surface area contributed by atoms with Crippen LogP contribution in [0.15, 0.2) is 60.7 Å². The molecule has 2 unspecified atom stereocenters. The molecule has 140 valence electrons. The molecule has 0 aliphatic carbocycles. The molecule has 0 heterocycles. The Morgan fingerprint density at radius 3 is 1.16 bits per heavy atom. The predicted molar refractivity (Wildman–Crippen MR) is 86.8 cm³/mol. The van der Waals surface area contributed by atoms with Gasteiger partial charge in [0.2, 0.25) is 0 Å². The molecule has 0 amide bonds. The van der Waals surface area contributed by atoms with Crippen LogP contribution in [-0.4, -0.2) is 9.79 Å². The van der Waals surface area contributed by atoms with E-state index in [1.807, 2.05) is 36.4 Å². The van der Waals surface area contributed by atoms with Gasteiger partial charge in [0.25, 0.3) is 15.6 Å². The second kappa shape index (κ2) is 12.1. The zero-order valence-electron chi connectivity index (χ0n) is 13.4. The van der Waals surface area contributed by atoms with Crippen molar-refractivity contribution in [2.24, 2.45) is 0 Å². The second-order valence-electron chi connectivity index (χ2n) is 4.49. The molecular formula is C14H22N2O7P2. The molecule has 0 aromatic heterocycles. The van der Waals surface area contributed by atoms with Gasteiger partial charge >= 0.3 is 0 Å². The molecule has 2 atom stereocenters. The van der Waals surface area contributed by atoms with Crippen molar-refractivity contribution >= 4 is 15.6 Å². The van der Waals surface area contributed by atoms with Crippen LogP contribution in [0.4, 0.5) is 0 Å². The quantitative estimate of drug-likeness (QED) is 0.470. The Morgan fingerprint density at radius 1 is 0.760 bits per heavy atom. The summed E-state index contributed by atoms with van der Waals surface area (Å²) in [7, 11) is -10.7. The van der Waals surface area contributed by atoms with E-state index < -0.39 is 15.6 Å². The number of hydrogen-bond donors (Lipinski definition) is 4. The van der Waals surface area contributed by atoms with Crippen LogP contribution in [0.2, 0.25) is 0 Å². The zero-order chi connectivity index (χ0) is 19.3. The van der Waals surface area contributed by atoms with Gasteiger partial charge in [-0.3, -0.25) is 9.13 Å². The van der Waals surface area contributed by atoms with E-state index in [1.54, 1.807) is 0 Å². The molecule has 0 bridgehead atoms. The van der Waals surface area contributed by atoms with Gasteiger partial charge in [0.1, 0.15) is 0 Å². The van der Waals surface area contributed by atoms with Crippen LogP contribution in [0.3, 0.4) is 0 Å². The lowest BCUT2D eigenvalue weighted by Crippen LogP contribution is -2.47. The fourth-order valence-corrected chi connectivity index (χ4v) is 2.46. The lowest BCUT2D eigenvalue weighted by molar-refractivity contribution is -0.386. The van der Waals surface area contributed by atoms with Gasteiger partial charge in [-0.2, -0.15) is 0 Å². The Bertz CT molecular complexity index is 615. The number of rotatable bonds is 4. The van der Waals surface area contributed by atoms with E-state index in [9.17, 15) is 18.9 Å². The molecule has 2 rings (SSSR count). The van der Waals surface area contributed by atoms with Gasteiger partial charge in [-0.05, 0) is 0 Å². The van der Waals surface area contributed by atoms with Crippen molar-refractivity contribution in [2.75, 3.05) is 0 Å². The van der Waals surface area contributed by atoms with E-state index in [0.29, 0.717) is 0 Å². The third kappa shape index (κ3) is 15.9. The minimum Gasteiger partial charge on any atom is -0.756 e. The maximum Gasteiger partial charge on any atom is 0.271 e. The summed E-state index contributed by atoms with van der Waals surface area (Å²) in [6.07, 6.45) is 0. The molecule has 0 saturated heterocycles. The van der Waals surface area contributed by atoms with E-state index >= 15 is 0 Å². The Balaban J connectivity index is 0.000000346. The van der Waals surface area contributed by atoms with Gasteiger partial charge in [0.05, 0.1) is 13.1 Å². The molecule has 0 saturated carbocycles. The van der Waals surface area contributed by atoms with Crippen molar-refractivity contribution in [1.82, 2.24) is 0 Å². The van der Waals surface area contributed by atoms with Gasteiger partial charge in [-0.1, -0.05) is 60.7 Å². The summed E-state index contributed by atoms with van der Waals surface area (Å²) in [6, 6.07) is 20.4. The van der Waals surface area contributed by atoms with Crippen molar-refractivity contribution in [2.45, 2.75) is 13.1 Å². The minimum atomic E-state index is -5.36. The monoisotopic (exact) mass is 392 g/mol. The Labute approximate surface area is 145 Å². The Morgan fingerprint density at radius 2 is 1.04 bits per heavy atom. The molecule has 0 aliphatic rings. The lowest BCUT2D eigenvalue weighted by Gasteiger charge is -2.22. The highest BCUT2D eigenvalue weighted by molar-refractivity contribution is 7.58. The van der Waals surface area contributed by atoms with Crippen LogP contribution in [0.1, 0.15) is 11.1 Å². The van der Waals surface area contributed by atoms with Crippen LogP contribution < -0.4 is 21.3 Å². The van der Waals surface area contributed by atoms with E-state index in [2.05, 4.69) is 40.0 Å². The van der Waals surface area contributed by atoms with Crippen LogP contribution in [0.5, 0.6) is 0 Å². The third-order valence-corrected chi connectivity index (χ3v) is 4.12. The summed E-state index contributed by atoms with van der Waals surface area (Å²) < 4.78 is 21.7. The molecule has 8 N–H and O–H groups in total. The number of phosphoric acid groups is 2. The molecule has 0 radical (unpaired) electrons. The van der Waals surface area contributed by atoms with Crippen LogP contribution >= 0.6 is 15.6 Å². The highest BCUT2D eigenvalue weighted by Crippen LogP contribution is 2.48. The molecule has 0 aliphatic heterocycles. The number of quaternary nitrogens is 2. The minimum absolute atomic E-state index is 0.890. The first-order valence-electron chi connectivity index (χ1n) is 7.02. The number of benzene rings is 2. The third-order valence-electron chi connectivity index (χ3n) is 2.47. The molecule has 0 spiro atoms. The molecule has 2 aromatic rings. The molecule has 9 nitrogen and oxygen atoms in total. The Hall–Kier alpha value is -1.38. The largest absolute Gasteiger partial charge is 0.756 e. The number of hydrogen-bond acceptors (Lipinski definition) is 5. The van der Waals surface area contributed by atoms with Crippen molar-refractivity contribution in [1.29, 1.82) is 0 Å². The summed E-state index contributed by atoms with van der Waals surface area (Å²) in [5.41, 5.74) is 10.1.